The fraction of sp³-hybridized carbons (Fsp3) is 0.125. The van der Waals surface area contributed by atoms with E-state index in [1.807, 2.05) is 0 Å². The highest BCUT2D eigenvalue weighted by atomic mass is 19.1. The van der Waals surface area contributed by atoms with Crippen LogP contribution in [0.3, 0.4) is 0 Å². The molecule has 0 unspecified atom stereocenters. The molecule has 0 spiro atoms. The largest absolute Gasteiger partial charge is 0.348 e. The first kappa shape index (κ1) is 7.21. The van der Waals surface area contributed by atoms with Gasteiger partial charge in [0.1, 0.15) is 11.6 Å². The van der Waals surface area contributed by atoms with Crippen LogP contribution < -0.4 is 5.32 Å². The van der Waals surface area contributed by atoms with Gasteiger partial charge >= 0.3 is 0 Å². The Morgan fingerprint density at radius 2 is 1.92 bits per heavy atom. The first-order valence-electron chi connectivity index (χ1n) is 3.45. The minimum absolute atomic E-state index is 0.0811. The summed E-state index contributed by atoms with van der Waals surface area (Å²) in [5.41, 5.74) is -0.0324. The average molecular weight is 169 g/mol. The Balaban J connectivity index is 2.72. The van der Waals surface area contributed by atoms with Gasteiger partial charge in [0.05, 0.1) is 5.56 Å². The van der Waals surface area contributed by atoms with Gasteiger partial charge in [-0.2, -0.15) is 0 Å². The first-order chi connectivity index (χ1) is 5.70. The van der Waals surface area contributed by atoms with Crippen LogP contribution in [0.1, 0.15) is 15.9 Å². The average Bonchev–Trinajstić information content (AvgIpc) is 2.42. The quantitative estimate of drug-likeness (QED) is 0.621. The zero-order valence-corrected chi connectivity index (χ0v) is 6.03. The van der Waals surface area contributed by atoms with Gasteiger partial charge in [0.25, 0.3) is 5.91 Å². The number of rotatable bonds is 0. The van der Waals surface area contributed by atoms with Gasteiger partial charge in [0.2, 0.25) is 0 Å². The third-order valence-electron chi connectivity index (χ3n) is 1.86. The molecule has 0 aromatic heterocycles. The molecule has 1 aliphatic rings. The van der Waals surface area contributed by atoms with Crippen LogP contribution in [0.15, 0.2) is 12.1 Å². The molecule has 1 aliphatic heterocycles. The summed E-state index contributed by atoms with van der Waals surface area (Å²) in [7, 11) is 0. The molecule has 12 heavy (non-hydrogen) atoms. The molecule has 1 aromatic rings. The van der Waals surface area contributed by atoms with Crippen molar-refractivity contribution < 1.29 is 13.6 Å². The molecule has 0 bridgehead atoms. The van der Waals surface area contributed by atoms with Gasteiger partial charge in [0, 0.05) is 12.1 Å². The number of carbonyl (C=O) groups excluding carboxylic acids is 1. The molecule has 1 N–H and O–H groups in total. The molecule has 4 heteroatoms. The van der Waals surface area contributed by atoms with Gasteiger partial charge in [-0.05, 0) is 12.1 Å². The second-order valence-electron chi connectivity index (χ2n) is 2.57. The zero-order chi connectivity index (χ0) is 8.72. The monoisotopic (exact) mass is 169 g/mol. The molecule has 0 atom stereocenters. The normalized spacial score (nSPS) is 14.3. The Kier molecular flexibility index (Phi) is 1.36. The number of carbonyl (C=O) groups is 1. The minimum Gasteiger partial charge on any atom is -0.348 e. The van der Waals surface area contributed by atoms with Crippen LogP contribution in [0.2, 0.25) is 0 Å². The highest BCUT2D eigenvalue weighted by molar-refractivity contribution is 5.98. The van der Waals surface area contributed by atoms with Crippen molar-refractivity contribution in [2.24, 2.45) is 0 Å². The Bertz CT molecular complexity index is 362. The lowest BCUT2D eigenvalue weighted by molar-refractivity contribution is 0.0962. The predicted molar refractivity (Wildman–Crippen MR) is 37.5 cm³/mol. The molecular formula is C8H5F2NO. The third-order valence-corrected chi connectivity index (χ3v) is 1.86. The van der Waals surface area contributed by atoms with Crippen LogP contribution in [-0.4, -0.2) is 5.91 Å². The van der Waals surface area contributed by atoms with Gasteiger partial charge in [0.15, 0.2) is 0 Å². The second kappa shape index (κ2) is 2.27. The van der Waals surface area contributed by atoms with Crippen molar-refractivity contribution in [3.05, 3.63) is 34.9 Å². The van der Waals surface area contributed by atoms with Gasteiger partial charge in [-0.15, -0.1) is 0 Å². The van der Waals surface area contributed by atoms with E-state index in [9.17, 15) is 13.6 Å². The lowest BCUT2D eigenvalue weighted by Gasteiger charge is -1.97. The van der Waals surface area contributed by atoms with Crippen LogP contribution in [0.5, 0.6) is 0 Å². The van der Waals surface area contributed by atoms with E-state index < -0.39 is 17.5 Å². The Morgan fingerprint density at radius 1 is 1.25 bits per heavy atom. The minimum atomic E-state index is -0.665. The van der Waals surface area contributed by atoms with E-state index in [2.05, 4.69) is 5.32 Å². The summed E-state index contributed by atoms with van der Waals surface area (Å²) < 4.78 is 25.8. The van der Waals surface area contributed by atoms with Gasteiger partial charge in [-0.25, -0.2) is 8.78 Å². The summed E-state index contributed by atoms with van der Waals surface area (Å²) in [4.78, 5) is 10.9. The molecule has 0 aliphatic carbocycles. The standard InChI is InChI=1S/C8H5F2NO/c9-5-1-2-6(10)7-4(5)3-11-8(7)12/h1-2H,3H2,(H,11,12). The van der Waals surface area contributed by atoms with Crippen LogP contribution in [0, 0.1) is 11.6 Å². The highest BCUT2D eigenvalue weighted by Crippen LogP contribution is 2.21. The number of benzene rings is 1. The summed E-state index contributed by atoms with van der Waals surface area (Å²) >= 11 is 0. The molecule has 1 heterocycles. The van der Waals surface area contributed by atoms with E-state index in [4.69, 9.17) is 0 Å². The van der Waals surface area contributed by atoms with Gasteiger partial charge in [-0.3, -0.25) is 4.79 Å². The van der Waals surface area contributed by atoms with Crippen LogP contribution in [0.4, 0.5) is 8.78 Å². The summed E-state index contributed by atoms with van der Waals surface area (Å²) in [6, 6.07) is 1.98. The van der Waals surface area contributed by atoms with Crippen molar-refractivity contribution >= 4 is 5.91 Å². The van der Waals surface area contributed by atoms with Crippen molar-refractivity contribution in [3.8, 4) is 0 Å². The Morgan fingerprint density at radius 3 is 2.58 bits per heavy atom. The Labute approximate surface area is 67.2 Å². The number of amides is 1. The molecule has 0 radical (unpaired) electrons. The van der Waals surface area contributed by atoms with Crippen LogP contribution >= 0.6 is 0 Å². The SMILES string of the molecule is O=C1NCc2c(F)ccc(F)c21. The fourth-order valence-electron chi connectivity index (χ4n) is 1.27. The number of halogens is 2. The lowest BCUT2D eigenvalue weighted by atomic mass is 10.1. The van der Waals surface area contributed by atoms with Crippen molar-refractivity contribution in [3.63, 3.8) is 0 Å². The Hall–Kier alpha value is -1.45. The lowest BCUT2D eigenvalue weighted by Crippen LogP contribution is -2.13. The van der Waals surface area contributed by atoms with Crippen molar-refractivity contribution in [2.45, 2.75) is 6.54 Å². The molecule has 62 valence electrons. The molecule has 2 nitrogen and oxygen atoms in total. The molecule has 0 saturated carbocycles. The van der Waals surface area contributed by atoms with Crippen molar-refractivity contribution in [2.75, 3.05) is 0 Å². The number of hydrogen-bond acceptors (Lipinski definition) is 1. The summed E-state index contributed by atoms with van der Waals surface area (Å²) in [5, 5.41) is 2.35. The van der Waals surface area contributed by atoms with Crippen molar-refractivity contribution in [1.29, 1.82) is 0 Å². The maximum Gasteiger partial charge on any atom is 0.254 e. The second-order valence-corrected chi connectivity index (χ2v) is 2.57. The van der Waals surface area contributed by atoms with Crippen molar-refractivity contribution in [1.82, 2.24) is 5.32 Å². The topological polar surface area (TPSA) is 29.1 Å². The summed E-state index contributed by atoms with van der Waals surface area (Å²) in [5.74, 6) is -1.74. The first-order valence-corrected chi connectivity index (χ1v) is 3.45. The molecule has 2 rings (SSSR count). The van der Waals surface area contributed by atoms with E-state index in [0.29, 0.717) is 0 Å². The zero-order valence-electron chi connectivity index (χ0n) is 6.03. The molecule has 0 fully saturated rings. The smallest absolute Gasteiger partial charge is 0.254 e. The van der Waals surface area contributed by atoms with E-state index in [0.717, 1.165) is 12.1 Å². The van der Waals surface area contributed by atoms with E-state index in [-0.39, 0.29) is 17.7 Å². The number of nitrogens with one attached hydrogen (secondary N) is 1. The maximum absolute atomic E-state index is 12.9. The van der Waals surface area contributed by atoms with E-state index in [1.54, 1.807) is 0 Å². The molecule has 1 amide bonds. The van der Waals surface area contributed by atoms with Crippen LogP contribution in [-0.2, 0) is 6.54 Å². The fourth-order valence-corrected chi connectivity index (χ4v) is 1.27. The third kappa shape index (κ3) is 0.809. The molecular weight excluding hydrogens is 164 g/mol. The number of hydrogen-bond donors (Lipinski definition) is 1. The highest BCUT2D eigenvalue weighted by Gasteiger charge is 2.25. The number of fused-ring (bicyclic) bond motifs is 1. The van der Waals surface area contributed by atoms with Gasteiger partial charge in [-0.1, -0.05) is 0 Å². The van der Waals surface area contributed by atoms with Gasteiger partial charge < -0.3 is 5.32 Å². The van der Waals surface area contributed by atoms with E-state index >= 15 is 0 Å². The van der Waals surface area contributed by atoms with E-state index in [1.165, 1.54) is 0 Å². The maximum atomic E-state index is 12.9. The summed E-state index contributed by atoms with van der Waals surface area (Å²) in [6.07, 6.45) is 0. The summed E-state index contributed by atoms with van der Waals surface area (Å²) in [6.45, 7) is 0.0811. The van der Waals surface area contributed by atoms with Crippen LogP contribution in [0.25, 0.3) is 0 Å². The predicted octanol–water partition coefficient (Wildman–Crippen LogP) is 1.21. The molecule has 1 aromatic carbocycles. The molecule has 0 saturated heterocycles.